The number of halogens is 2. The highest BCUT2D eigenvalue weighted by Crippen LogP contribution is 2.29. The zero-order valence-corrected chi connectivity index (χ0v) is 11.7. The van der Waals surface area contributed by atoms with Crippen molar-refractivity contribution >= 4 is 29.1 Å². The van der Waals surface area contributed by atoms with Crippen molar-refractivity contribution in [2.24, 2.45) is 17.6 Å². The number of nitrogens with zero attached hydrogens (tertiary/aromatic N) is 1. The van der Waals surface area contributed by atoms with Crippen molar-refractivity contribution in [1.29, 1.82) is 0 Å². The first-order valence-electron chi connectivity index (χ1n) is 5.93. The number of hydrogen-bond acceptors (Lipinski definition) is 2. The lowest BCUT2D eigenvalue weighted by atomic mass is 9.98. The van der Waals surface area contributed by atoms with Crippen molar-refractivity contribution in [3.05, 3.63) is 33.8 Å². The summed E-state index contributed by atoms with van der Waals surface area (Å²) in [6, 6.07) is 5.61. The molecule has 0 aromatic heterocycles. The lowest BCUT2D eigenvalue weighted by molar-refractivity contribution is -0.122. The Kier molecular flexibility index (Phi) is 4.15. The van der Waals surface area contributed by atoms with Crippen LogP contribution in [0.3, 0.4) is 0 Å². The van der Waals surface area contributed by atoms with Gasteiger partial charge >= 0.3 is 0 Å². The first kappa shape index (κ1) is 13.7. The molecule has 1 aliphatic heterocycles. The SMILES string of the molecule is C[C@@H]1CN(Cc2cccc(Cl)c2Cl)C[C@H]1C(N)=O. The number of carbonyl (C=O) groups is 1. The minimum atomic E-state index is -0.220. The first-order chi connectivity index (χ1) is 8.49. The highest BCUT2D eigenvalue weighted by molar-refractivity contribution is 6.42. The molecule has 1 heterocycles. The number of benzene rings is 1. The van der Waals surface area contributed by atoms with Gasteiger partial charge in [-0.15, -0.1) is 0 Å². The quantitative estimate of drug-likeness (QED) is 0.928. The molecule has 0 aliphatic carbocycles. The molecule has 1 saturated heterocycles. The minimum absolute atomic E-state index is 0.0667. The maximum Gasteiger partial charge on any atom is 0.222 e. The molecular weight excluding hydrogens is 271 g/mol. The van der Waals surface area contributed by atoms with Crippen LogP contribution >= 0.6 is 23.2 Å². The lowest BCUT2D eigenvalue weighted by Crippen LogP contribution is -2.29. The van der Waals surface area contributed by atoms with E-state index in [0.717, 1.165) is 12.1 Å². The van der Waals surface area contributed by atoms with Gasteiger partial charge in [0.1, 0.15) is 0 Å². The maximum absolute atomic E-state index is 11.3. The third kappa shape index (κ3) is 2.79. The number of likely N-dealkylation sites (tertiary alicyclic amines) is 1. The average Bonchev–Trinajstić information content (AvgIpc) is 2.66. The Labute approximate surface area is 117 Å². The Balaban J connectivity index is 2.07. The molecule has 1 aliphatic rings. The molecule has 0 saturated carbocycles. The molecule has 1 aromatic rings. The summed E-state index contributed by atoms with van der Waals surface area (Å²) >= 11 is 12.1. The molecule has 18 heavy (non-hydrogen) atoms. The van der Waals surface area contributed by atoms with Gasteiger partial charge in [0.25, 0.3) is 0 Å². The summed E-state index contributed by atoms with van der Waals surface area (Å²) in [5, 5.41) is 1.15. The fourth-order valence-corrected chi connectivity index (χ4v) is 2.86. The number of primary amides is 1. The van der Waals surface area contributed by atoms with Crippen LogP contribution in [0.25, 0.3) is 0 Å². The normalized spacial score (nSPS) is 24.4. The van der Waals surface area contributed by atoms with Crippen molar-refractivity contribution in [2.45, 2.75) is 13.5 Å². The third-order valence-electron chi connectivity index (χ3n) is 3.48. The predicted octanol–water partition coefficient (Wildman–Crippen LogP) is 2.55. The van der Waals surface area contributed by atoms with Gasteiger partial charge in [0.15, 0.2) is 0 Å². The van der Waals surface area contributed by atoms with Crippen LogP contribution in [-0.2, 0) is 11.3 Å². The molecule has 2 N–H and O–H groups in total. The number of amides is 1. The largest absolute Gasteiger partial charge is 0.369 e. The van der Waals surface area contributed by atoms with Gasteiger partial charge in [0.2, 0.25) is 5.91 Å². The molecule has 1 fully saturated rings. The Morgan fingerprint density at radius 1 is 1.44 bits per heavy atom. The van der Waals surface area contributed by atoms with E-state index in [2.05, 4.69) is 11.8 Å². The highest BCUT2D eigenvalue weighted by atomic mass is 35.5. The molecular formula is C13H16Cl2N2O. The van der Waals surface area contributed by atoms with E-state index in [0.29, 0.717) is 29.1 Å². The zero-order chi connectivity index (χ0) is 13.3. The van der Waals surface area contributed by atoms with Crippen molar-refractivity contribution in [2.75, 3.05) is 13.1 Å². The van der Waals surface area contributed by atoms with Gasteiger partial charge in [-0.25, -0.2) is 0 Å². The van der Waals surface area contributed by atoms with E-state index in [9.17, 15) is 4.79 Å². The molecule has 3 nitrogen and oxygen atoms in total. The molecule has 98 valence electrons. The Hall–Kier alpha value is -0.770. The van der Waals surface area contributed by atoms with Crippen molar-refractivity contribution in [1.82, 2.24) is 4.90 Å². The van der Waals surface area contributed by atoms with Gasteiger partial charge in [-0.3, -0.25) is 9.69 Å². The second-order valence-corrected chi connectivity index (χ2v) is 5.68. The maximum atomic E-state index is 11.3. The Morgan fingerprint density at radius 2 is 2.17 bits per heavy atom. The zero-order valence-electron chi connectivity index (χ0n) is 10.2. The van der Waals surface area contributed by atoms with E-state index in [1.165, 1.54) is 0 Å². The summed E-state index contributed by atoms with van der Waals surface area (Å²) in [5.41, 5.74) is 6.37. The van der Waals surface area contributed by atoms with Crippen LogP contribution in [0.4, 0.5) is 0 Å². The van der Waals surface area contributed by atoms with Crippen LogP contribution in [0.5, 0.6) is 0 Å². The van der Waals surface area contributed by atoms with Crippen LogP contribution in [0.15, 0.2) is 18.2 Å². The fraction of sp³-hybridized carbons (Fsp3) is 0.462. The molecule has 1 amide bonds. The van der Waals surface area contributed by atoms with Gasteiger partial charge in [-0.1, -0.05) is 42.3 Å². The standard InChI is InChI=1S/C13H16Cl2N2O/c1-8-5-17(7-10(8)13(16)18)6-9-3-2-4-11(14)12(9)15/h2-4,8,10H,5-7H2,1H3,(H2,16,18)/t8-,10-/m1/s1. The smallest absolute Gasteiger partial charge is 0.222 e. The van der Waals surface area contributed by atoms with E-state index in [1.54, 1.807) is 6.07 Å². The molecule has 2 rings (SSSR count). The van der Waals surface area contributed by atoms with Gasteiger partial charge < -0.3 is 5.73 Å². The Morgan fingerprint density at radius 3 is 2.78 bits per heavy atom. The van der Waals surface area contributed by atoms with Crippen LogP contribution < -0.4 is 5.73 Å². The van der Waals surface area contributed by atoms with Gasteiger partial charge in [0, 0.05) is 19.6 Å². The minimum Gasteiger partial charge on any atom is -0.369 e. The number of carbonyl (C=O) groups excluding carboxylic acids is 1. The van der Waals surface area contributed by atoms with E-state index in [-0.39, 0.29) is 11.8 Å². The molecule has 0 unspecified atom stereocenters. The molecule has 2 atom stereocenters. The molecule has 0 radical (unpaired) electrons. The van der Waals surface area contributed by atoms with Crippen molar-refractivity contribution in [3.8, 4) is 0 Å². The van der Waals surface area contributed by atoms with E-state index >= 15 is 0 Å². The lowest BCUT2D eigenvalue weighted by Gasteiger charge is -2.16. The van der Waals surface area contributed by atoms with Crippen LogP contribution in [0.2, 0.25) is 10.0 Å². The van der Waals surface area contributed by atoms with Crippen LogP contribution in [0.1, 0.15) is 12.5 Å². The second kappa shape index (κ2) is 5.47. The monoisotopic (exact) mass is 286 g/mol. The summed E-state index contributed by atoms with van der Waals surface area (Å²) in [4.78, 5) is 13.5. The van der Waals surface area contributed by atoms with Crippen LogP contribution in [0, 0.1) is 11.8 Å². The van der Waals surface area contributed by atoms with Gasteiger partial charge in [0.05, 0.1) is 16.0 Å². The summed E-state index contributed by atoms with van der Waals surface area (Å²) in [6.07, 6.45) is 0. The summed E-state index contributed by atoms with van der Waals surface area (Å²) in [6.45, 7) is 4.30. The van der Waals surface area contributed by atoms with Gasteiger partial charge in [-0.2, -0.15) is 0 Å². The summed E-state index contributed by atoms with van der Waals surface area (Å²) in [5.74, 6) is 0.00519. The van der Waals surface area contributed by atoms with E-state index in [4.69, 9.17) is 28.9 Å². The van der Waals surface area contributed by atoms with Crippen molar-refractivity contribution < 1.29 is 4.79 Å². The number of hydrogen-bond donors (Lipinski definition) is 1. The molecule has 5 heteroatoms. The third-order valence-corrected chi connectivity index (χ3v) is 4.34. The van der Waals surface area contributed by atoms with E-state index in [1.807, 2.05) is 12.1 Å². The van der Waals surface area contributed by atoms with Crippen LogP contribution in [-0.4, -0.2) is 23.9 Å². The van der Waals surface area contributed by atoms with E-state index < -0.39 is 0 Å². The average molecular weight is 287 g/mol. The predicted molar refractivity (Wildman–Crippen MR) is 73.6 cm³/mol. The molecule has 0 bridgehead atoms. The second-order valence-electron chi connectivity index (χ2n) is 4.89. The molecule has 1 aromatic carbocycles. The van der Waals surface area contributed by atoms with Gasteiger partial charge in [-0.05, 0) is 17.5 Å². The summed E-state index contributed by atoms with van der Waals surface area (Å²) < 4.78 is 0. The first-order valence-corrected chi connectivity index (χ1v) is 6.69. The topological polar surface area (TPSA) is 46.3 Å². The Bertz CT molecular complexity index is 464. The number of rotatable bonds is 3. The number of nitrogens with two attached hydrogens (primary N) is 1. The summed E-state index contributed by atoms with van der Waals surface area (Å²) in [7, 11) is 0. The fourth-order valence-electron chi connectivity index (χ4n) is 2.48. The highest BCUT2D eigenvalue weighted by Gasteiger charge is 2.33. The van der Waals surface area contributed by atoms with Crippen molar-refractivity contribution in [3.63, 3.8) is 0 Å². The molecule has 0 spiro atoms.